The number of hydrogen-bond donors (Lipinski definition) is 3. The average molecular weight is 366 g/mol. The molecule has 0 amide bonds. The molecule has 1 aromatic carbocycles. The molecule has 0 saturated carbocycles. The highest BCUT2D eigenvalue weighted by Crippen LogP contribution is 2.26. The van der Waals surface area contributed by atoms with E-state index < -0.39 is 0 Å². The largest absolute Gasteiger partial charge is 0.391 e. The molecule has 4 rings (SSSR count). The number of rotatable bonds is 6. The molecule has 7 heteroatoms. The summed E-state index contributed by atoms with van der Waals surface area (Å²) in [4.78, 5) is 16.5. The Kier molecular flexibility index (Phi) is 4.96. The number of para-hydroxylation sites is 1. The van der Waals surface area contributed by atoms with Gasteiger partial charge in [0.05, 0.1) is 12.6 Å². The number of nitrogens with zero attached hydrogens (tertiary/aromatic N) is 4. The predicted octanol–water partition coefficient (Wildman–Crippen LogP) is 2.07. The Morgan fingerprint density at radius 1 is 1.26 bits per heavy atom. The van der Waals surface area contributed by atoms with E-state index in [0.29, 0.717) is 13.1 Å². The van der Waals surface area contributed by atoms with Crippen LogP contribution in [0.3, 0.4) is 0 Å². The number of aromatic amines is 1. The van der Waals surface area contributed by atoms with Crippen molar-refractivity contribution in [3.63, 3.8) is 0 Å². The maximum absolute atomic E-state index is 10.1. The van der Waals surface area contributed by atoms with Crippen LogP contribution >= 0.6 is 0 Å². The molecule has 2 atom stereocenters. The first-order valence-electron chi connectivity index (χ1n) is 9.30. The lowest BCUT2D eigenvalue weighted by Gasteiger charge is -2.27. The van der Waals surface area contributed by atoms with Gasteiger partial charge in [0.1, 0.15) is 18.0 Å². The Labute approximate surface area is 159 Å². The zero-order valence-electron chi connectivity index (χ0n) is 15.8. The van der Waals surface area contributed by atoms with E-state index in [4.69, 9.17) is 0 Å². The highest BCUT2D eigenvalue weighted by atomic mass is 16.3. The summed E-state index contributed by atoms with van der Waals surface area (Å²) in [6.07, 6.45) is 2.04. The fourth-order valence-electron chi connectivity index (χ4n) is 3.78. The van der Waals surface area contributed by atoms with Crippen LogP contribution in [0, 0.1) is 0 Å². The molecule has 1 aliphatic heterocycles. The molecule has 27 heavy (non-hydrogen) atoms. The maximum Gasteiger partial charge on any atom is 0.134 e. The van der Waals surface area contributed by atoms with Gasteiger partial charge in [0.15, 0.2) is 0 Å². The molecular weight excluding hydrogens is 340 g/mol. The van der Waals surface area contributed by atoms with Gasteiger partial charge in [-0.05, 0) is 38.0 Å². The van der Waals surface area contributed by atoms with Crippen molar-refractivity contribution in [3.8, 4) is 0 Å². The maximum atomic E-state index is 10.1. The molecule has 2 aromatic heterocycles. The average Bonchev–Trinajstić information content (AvgIpc) is 3.22. The van der Waals surface area contributed by atoms with E-state index in [1.165, 1.54) is 5.39 Å². The third kappa shape index (κ3) is 4.04. The molecular formula is C20H26N6O. The van der Waals surface area contributed by atoms with E-state index in [1.54, 1.807) is 6.33 Å². The summed E-state index contributed by atoms with van der Waals surface area (Å²) in [7, 11) is 4.10. The summed E-state index contributed by atoms with van der Waals surface area (Å²) in [6, 6.07) is 12.6. The smallest absolute Gasteiger partial charge is 0.134 e. The van der Waals surface area contributed by atoms with Gasteiger partial charge >= 0.3 is 0 Å². The zero-order valence-corrected chi connectivity index (χ0v) is 15.8. The number of aromatic nitrogens is 3. The Morgan fingerprint density at radius 3 is 2.93 bits per heavy atom. The molecule has 1 saturated heterocycles. The minimum absolute atomic E-state index is 0.256. The number of nitrogens with one attached hydrogen (secondary N) is 2. The molecule has 142 valence electrons. The topological polar surface area (TPSA) is 80.3 Å². The molecule has 3 aromatic rings. The lowest BCUT2D eigenvalue weighted by molar-refractivity contribution is 0.191. The Bertz CT molecular complexity index is 875. The predicted molar refractivity (Wildman–Crippen MR) is 108 cm³/mol. The van der Waals surface area contributed by atoms with Gasteiger partial charge in [-0.2, -0.15) is 0 Å². The summed E-state index contributed by atoms with van der Waals surface area (Å²) in [5.41, 5.74) is 2.24. The van der Waals surface area contributed by atoms with Gasteiger partial charge in [0, 0.05) is 36.4 Å². The van der Waals surface area contributed by atoms with Crippen molar-refractivity contribution in [1.29, 1.82) is 0 Å². The fourth-order valence-corrected chi connectivity index (χ4v) is 3.78. The van der Waals surface area contributed by atoms with E-state index >= 15 is 0 Å². The second-order valence-corrected chi connectivity index (χ2v) is 7.45. The van der Waals surface area contributed by atoms with Crippen molar-refractivity contribution in [2.75, 3.05) is 37.4 Å². The zero-order chi connectivity index (χ0) is 18.8. The minimum atomic E-state index is -0.312. The van der Waals surface area contributed by atoms with Crippen molar-refractivity contribution < 1.29 is 5.11 Å². The van der Waals surface area contributed by atoms with Crippen LogP contribution in [0.4, 0.5) is 11.6 Å². The van der Waals surface area contributed by atoms with E-state index in [9.17, 15) is 5.11 Å². The second kappa shape index (κ2) is 7.54. The Balaban J connectivity index is 1.47. The van der Waals surface area contributed by atoms with Crippen molar-refractivity contribution in [2.45, 2.75) is 25.1 Å². The number of hydrogen-bond acceptors (Lipinski definition) is 6. The number of β-amino-alcohol motifs (C(OH)–C–C–N with tert-alkyl or cyclic N) is 1. The van der Waals surface area contributed by atoms with Crippen LogP contribution in [-0.2, 0) is 6.54 Å². The summed E-state index contributed by atoms with van der Waals surface area (Å²) in [5.74, 6) is 1.64. The van der Waals surface area contributed by atoms with Gasteiger partial charge < -0.3 is 25.2 Å². The molecule has 1 aliphatic rings. The van der Waals surface area contributed by atoms with Crippen LogP contribution in [0.2, 0.25) is 0 Å². The molecule has 0 bridgehead atoms. The molecule has 0 radical (unpaired) electrons. The van der Waals surface area contributed by atoms with E-state index in [2.05, 4.69) is 62.4 Å². The highest BCUT2D eigenvalue weighted by Gasteiger charge is 2.32. The lowest BCUT2D eigenvalue weighted by Crippen LogP contribution is -2.38. The third-order valence-electron chi connectivity index (χ3n) is 4.96. The van der Waals surface area contributed by atoms with Crippen molar-refractivity contribution >= 4 is 22.5 Å². The molecule has 0 aliphatic carbocycles. The standard InChI is InChI=1S/C20H26N6O/c1-25(2)11-16-8-17(27)12-26(16)20-9-19(22-13-23-20)21-10-15-7-14-5-3-4-6-18(14)24-15/h3-7,9,13,16-17,24,27H,8,10-12H2,1-2H3,(H,21,22,23)/t16-,17-/m1/s1. The van der Waals surface area contributed by atoms with E-state index in [-0.39, 0.29) is 12.1 Å². The van der Waals surface area contributed by atoms with Crippen LogP contribution in [-0.4, -0.2) is 64.3 Å². The number of anilines is 2. The molecule has 3 heterocycles. The lowest BCUT2D eigenvalue weighted by atomic mass is 10.2. The van der Waals surface area contributed by atoms with E-state index in [1.807, 2.05) is 18.2 Å². The molecule has 3 N–H and O–H groups in total. The van der Waals surface area contributed by atoms with Crippen LogP contribution in [0.15, 0.2) is 42.7 Å². The minimum Gasteiger partial charge on any atom is -0.391 e. The number of likely N-dealkylation sites (N-methyl/N-ethyl adjacent to an activating group) is 1. The van der Waals surface area contributed by atoms with Gasteiger partial charge in [-0.1, -0.05) is 18.2 Å². The van der Waals surface area contributed by atoms with Crippen LogP contribution < -0.4 is 10.2 Å². The van der Waals surface area contributed by atoms with Crippen LogP contribution in [0.25, 0.3) is 10.9 Å². The van der Waals surface area contributed by atoms with Gasteiger partial charge in [-0.3, -0.25) is 0 Å². The first-order valence-corrected chi connectivity index (χ1v) is 9.30. The summed E-state index contributed by atoms with van der Waals surface area (Å²) in [5, 5.41) is 14.7. The normalized spacial score (nSPS) is 19.9. The number of fused-ring (bicyclic) bond motifs is 1. The Hall–Kier alpha value is -2.64. The Morgan fingerprint density at radius 2 is 2.11 bits per heavy atom. The molecule has 1 fully saturated rings. The molecule has 7 nitrogen and oxygen atoms in total. The number of benzene rings is 1. The summed E-state index contributed by atoms with van der Waals surface area (Å²) < 4.78 is 0. The van der Waals surface area contributed by atoms with Gasteiger partial charge in [0.2, 0.25) is 0 Å². The summed E-state index contributed by atoms with van der Waals surface area (Å²) in [6.45, 7) is 2.16. The quantitative estimate of drug-likeness (QED) is 0.620. The number of aliphatic hydroxyl groups excluding tert-OH is 1. The van der Waals surface area contributed by atoms with E-state index in [0.717, 1.165) is 35.8 Å². The van der Waals surface area contributed by atoms with Gasteiger partial charge in [-0.15, -0.1) is 0 Å². The third-order valence-corrected chi connectivity index (χ3v) is 4.96. The molecule has 0 spiro atoms. The van der Waals surface area contributed by atoms with Crippen LogP contribution in [0.1, 0.15) is 12.1 Å². The van der Waals surface area contributed by atoms with Crippen molar-refractivity contribution in [3.05, 3.63) is 48.4 Å². The molecule has 0 unspecified atom stereocenters. The number of aliphatic hydroxyl groups is 1. The van der Waals surface area contributed by atoms with Gasteiger partial charge in [0.25, 0.3) is 0 Å². The second-order valence-electron chi connectivity index (χ2n) is 7.45. The first kappa shape index (κ1) is 17.8. The highest BCUT2D eigenvalue weighted by molar-refractivity contribution is 5.80. The van der Waals surface area contributed by atoms with Crippen molar-refractivity contribution in [1.82, 2.24) is 19.9 Å². The number of H-pyrrole nitrogens is 1. The monoisotopic (exact) mass is 366 g/mol. The van der Waals surface area contributed by atoms with Crippen molar-refractivity contribution in [2.24, 2.45) is 0 Å². The fraction of sp³-hybridized carbons (Fsp3) is 0.400. The first-order chi connectivity index (χ1) is 13.1. The van der Waals surface area contributed by atoms with Gasteiger partial charge in [-0.25, -0.2) is 9.97 Å². The SMILES string of the molecule is CN(C)C[C@H]1C[C@@H](O)CN1c1cc(NCc2cc3ccccc3[nH]2)ncn1. The van der Waals surface area contributed by atoms with Crippen LogP contribution in [0.5, 0.6) is 0 Å². The summed E-state index contributed by atoms with van der Waals surface area (Å²) >= 11 is 0.